The molecule has 1 aliphatic heterocycles. The van der Waals surface area contributed by atoms with Crippen molar-refractivity contribution in [1.82, 2.24) is 9.80 Å². The van der Waals surface area contributed by atoms with Crippen LogP contribution in [0, 0.1) is 0 Å². The van der Waals surface area contributed by atoms with Crippen molar-refractivity contribution >= 4 is 0 Å². The monoisotopic (exact) mass is 241 g/mol. The van der Waals surface area contributed by atoms with Gasteiger partial charge in [-0.05, 0) is 46.3 Å². The maximum atomic E-state index is 6.09. The Morgan fingerprint density at radius 3 is 2.59 bits per heavy atom. The molecule has 1 fully saturated rings. The maximum Gasteiger partial charge on any atom is 0.0329 e. The standard InChI is InChI=1S/C14H31N3/c1-5-9-14(6-2,12-15)17(4)13-8-7-10-16(3)11-13/h13H,5-12,15H2,1-4H3. The summed E-state index contributed by atoms with van der Waals surface area (Å²) in [6.07, 6.45) is 6.25. The zero-order chi connectivity index (χ0) is 12.9. The largest absolute Gasteiger partial charge is 0.329 e. The molecule has 17 heavy (non-hydrogen) atoms. The quantitative estimate of drug-likeness (QED) is 0.771. The predicted octanol–water partition coefficient (Wildman–Crippen LogP) is 1.92. The van der Waals surface area contributed by atoms with Gasteiger partial charge in [-0.25, -0.2) is 0 Å². The number of hydrogen-bond donors (Lipinski definition) is 1. The Morgan fingerprint density at radius 2 is 2.12 bits per heavy atom. The molecule has 102 valence electrons. The van der Waals surface area contributed by atoms with Gasteiger partial charge in [0.05, 0.1) is 0 Å². The van der Waals surface area contributed by atoms with Gasteiger partial charge in [-0.2, -0.15) is 0 Å². The van der Waals surface area contributed by atoms with Gasteiger partial charge in [0, 0.05) is 24.7 Å². The average molecular weight is 241 g/mol. The van der Waals surface area contributed by atoms with E-state index in [0.717, 1.165) is 13.0 Å². The summed E-state index contributed by atoms with van der Waals surface area (Å²) in [5.41, 5.74) is 6.31. The first-order valence-electron chi connectivity index (χ1n) is 7.21. The van der Waals surface area contributed by atoms with Crippen LogP contribution in [-0.2, 0) is 0 Å². The predicted molar refractivity (Wildman–Crippen MR) is 75.3 cm³/mol. The highest BCUT2D eigenvalue weighted by Crippen LogP contribution is 2.28. The second-order valence-corrected chi connectivity index (χ2v) is 5.70. The fourth-order valence-electron chi connectivity index (χ4n) is 3.30. The van der Waals surface area contributed by atoms with E-state index in [1.165, 1.54) is 38.8 Å². The third-order valence-electron chi connectivity index (χ3n) is 4.65. The van der Waals surface area contributed by atoms with Crippen molar-refractivity contribution in [3.63, 3.8) is 0 Å². The van der Waals surface area contributed by atoms with E-state index in [4.69, 9.17) is 5.73 Å². The molecule has 0 saturated carbocycles. The van der Waals surface area contributed by atoms with Crippen LogP contribution in [0.1, 0.15) is 46.0 Å². The molecule has 1 aliphatic rings. The molecule has 2 N–H and O–H groups in total. The normalized spacial score (nSPS) is 26.1. The summed E-state index contributed by atoms with van der Waals surface area (Å²) < 4.78 is 0. The van der Waals surface area contributed by atoms with E-state index < -0.39 is 0 Å². The fraction of sp³-hybridized carbons (Fsp3) is 1.00. The second-order valence-electron chi connectivity index (χ2n) is 5.70. The van der Waals surface area contributed by atoms with E-state index in [9.17, 15) is 0 Å². The van der Waals surface area contributed by atoms with E-state index in [2.05, 4.69) is 37.7 Å². The highest BCUT2D eigenvalue weighted by molar-refractivity contribution is 4.93. The SMILES string of the molecule is CCCC(CC)(CN)N(C)C1CCCN(C)C1. The lowest BCUT2D eigenvalue weighted by molar-refractivity contribution is 0.0293. The number of nitrogens with zero attached hydrogens (tertiary/aromatic N) is 2. The second kappa shape index (κ2) is 6.72. The number of nitrogens with two attached hydrogens (primary N) is 1. The Labute approximate surface area is 107 Å². The molecule has 2 atom stereocenters. The van der Waals surface area contributed by atoms with Gasteiger partial charge >= 0.3 is 0 Å². The van der Waals surface area contributed by atoms with Crippen molar-refractivity contribution in [2.45, 2.75) is 57.5 Å². The molecule has 0 amide bonds. The molecule has 2 unspecified atom stereocenters. The summed E-state index contributed by atoms with van der Waals surface area (Å²) in [4.78, 5) is 5.04. The summed E-state index contributed by atoms with van der Waals surface area (Å²) in [5, 5.41) is 0. The molecular weight excluding hydrogens is 210 g/mol. The molecule has 0 aromatic heterocycles. The molecule has 3 heteroatoms. The minimum atomic E-state index is 0.220. The Balaban J connectivity index is 2.72. The summed E-state index contributed by atoms with van der Waals surface area (Å²) in [6, 6.07) is 0.684. The molecule has 0 aliphatic carbocycles. The topological polar surface area (TPSA) is 32.5 Å². The fourth-order valence-corrected chi connectivity index (χ4v) is 3.30. The summed E-state index contributed by atoms with van der Waals surface area (Å²) in [6.45, 7) is 7.78. The first kappa shape index (κ1) is 14.9. The zero-order valence-electron chi connectivity index (χ0n) is 12.2. The van der Waals surface area contributed by atoms with Gasteiger partial charge < -0.3 is 10.6 Å². The molecule has 0 aromatic carbocycles. The lowest BCUT2D eigenvalue weighted by Crippen LogP contribution is -2.58. The van der Waals surface area contributed by atoms with Crippen LogP contribution in [-0.4, -0.2) is 55.1 Å². The van der Waals surface area contributed by atoms with Crippen molar-refractivity contribution in [3.05, 3.63) is 0 Å². The average Bonchev–Trinajstić information content (AvgIpc) is 2.35. The summed E-state index contributed by atoms with van der Waals surface area (Å²) in [7, 11) is 4.52. The summed E-state index contributed by atoms with van der Waals surface area (Å²) in [5.74, 6) is 0. The van der Waals surface area contributed by atoms with Crippen molar-refractivity contribution in [1.29, 1.82) is 0 Å². The van der Waals surface area contributed by atoms with Crippen LogP contribution >= 0.6 is 0 Å². The van der Waals surface area contributed by atoms with E-state index >= 15 is 0 Å². The molecule has 0 aromatic rings. The van der Waals surface area contributed by atoms with Crippen LogP contribution in [0.5, 0.6) is 0 Å². The van der Waals surface area contributed by atoms with Crippen molar-refractivity contribution in [2.75, 3.05) is 33.7 Å². The van der Waals surface area contributed by atoms with Crippen LogP contribution in [0.3, 0.4) is 0 Å². The van der Waals surface area contributed by atoms with Crippen molar-refractivity contribution < 1.29 is 0 Å². The Hall–Kier alpha value is -0.120. The molecule has 1 rings (SSSR count). The molecule has 0 spiro atoms. The van der Waals surface area contributed by atoms with Crippen LogP contribution < -0.4 is 5.73 Å². The number of hydrogen-bond acceptors (Lipinski definition) is 3. The van der Waals surface area contributed by atoms with Gasteiger partial charge in [0.25, 0.3) is 0 Å². The lowest BCUT2D eigenvalue weighted by Gasteiger charge is -2.47. The highest BCUT2D eigenvalue weighted by Gasteiger charge is 2.35. The van der Waals surface area contributed by atoms with Gasteiger partial charge in [-0.3, -0.25) is 4.90 Å². The number of likely N-dealkylation sites (N-methyl/N-ethyl adjacent to an activating group) is 2. The molecule has 3 nitrogen and oxygen atoms in total. The summed E-state index contributed by atoms with van der Waals surface area (Å²) >= 11 is 0. The third kappa shape index (κ3) is 3.43. The lowest BCUT2D eigenvalue weighted by atomic mass is 9.86. The maximum absolute atomic E-state index is 6.09. The Bertz CT molecular complexity index is 214. The van der Waals surface area contributed by atoms with Crippen LogP contribution in [0.15, 0.2) is 0 Å². The van der Waals surface area contributed by atoms with Crippen LogP contribution in [0.4, 0.5) is 0 Å². The Morgan fingerprint density at radius 1 is 1.41 bits per heavy atom. The van der Waals surface area contributed by atoms with Crippen molar-refractivity contribution in [2.24, 2.45) is 5.73 Å². The first-order chi connectivity index (χ1) is 8.09. The smallest absolute Gasteiger partial charge is 0.0329 e. The molecular formula is C14H31N3. The van der Waals surface area contributed by atoms with E-state index in [1.807, 2.05) is 0 Å². The van der Waals surface area contributed by atoms with Gasteiger partial charge in [0.1, 0.15) is 0 Å². The molecule has 1 heterocycles. The van der Waals surface area contributed by atoms with Crippen LogP contribution in [0.2, 0.25) is 0 Å². The highest BCUT2D eigenvalue weighted by atomic mass is 15.3. The minimum Gasteiger partial charge on any atom is -0.329 e. The van der Waals surface area contributed by atoms with E-state index in [0.29, 0.717) is 6.04 Å². The first-order valence-corrected chi connectivity index (χ1v) is 7.21. The molecule has 0 radical (unpaired) electrons. The number of piperidine rings is 1. The van der Waals surface area contributed by atoms with Gasteiger partial charge in [0.15, 0.2) is 0 Å². The zero-order valence-corrected chi connectivity index (χ0v) is 12.2. The van der Waals surface area contributed by atoms with E-state index in [1.54, 1.807) is 0 Å². The number of likely N-dealkylation sites (tertiary alicyclic amines) is 1. The van der Waals surface area contributed by atoms with E-state index in [-0.39, 0.29) is 5.54 Å². The van der Waals surface area contributed by atoms with Crippen molar-refractivity contribution in [3.8, 4) is 0 Å². The van der Waals surface area contributed by atoms with Gasteiger partial charge in [0.2, 0.25) is 0 Å². The Kier molecular flexibility index (Phi) is 5.90. The van der Waals surface area contributed by atoms with Gasteiger partial charge in [-0.15, -0.1) is 0 Å². The van der Waals surface area contributed by atoms with Crippen LogP contribution in [0.25, 0.3) is 0 Å². The number of rotatable bonds is 6. The molecule has 0 bridgehead atoms. The van der Waals surface area contributed by atoms with Gasteiger partial charge in [-0.1, -0.05) is 20.3 Å². The third-order valence-corrected chi connectivity index (χ3v) is 4.65. The molecule has 1 saturated heterocycles. The minimum absolute atomic E-state index is 0.220.